The summed E-state index contributed by atoms with van der Waals surface area (Å²) < 4.78 is 10.2. The molecule has 120 valence electrons. The van der Waals surface area contributed by atoms with Crippen LogP contribution in [0.5, 0.6) is 0 Å². The SMILES string of the molecule is COCCN(C(=O)CC(CN)CC(C)C)C(C)COC. The summed E-state index contributed by atoms with van der Waals surface area (Å²) >= 11 is 0. The van der Waals surface area contributed by atoms with E-state index in [9.17, 15) is 4.79 Å². The molecule has 0 aromatic carbocycles. The summed E-state index contributed by atoms with van der Waals surface area (Å²) in [5, 5.41) is 0. The fraction of sp³-hybridized carbons (Fsp3) is 0.933. The van der Waals surface area contributed by atoms with Crippen LogP contribution in [0.2, 0.25) is 0 Å². The quantitative estimate of drug-likeness (QED) is 0.626. The van der Waals surface area contributed by atoms with Gasteiger partial charge in [0, 0.05) is 27.2 Å². The van der Waals surface area contributed by atoms with Crippen LogP contribution in [-0.4, -0.2) is 57.4 Å². The molecule has 0 aromatic rings. The maximum absolute atomic E-state index is 12.5. The summed E-state index contributed by atoms with van der Waals surface area (Å²) in [4.78, 5) is 14.3. The van der Waals surface area contributed by atoms with E-state index >= 15 is 0 Å². The van der Waals surface area contributed by atoms with E-state index in [4.69, 9.17) is 15.2 Å². The normalized spacial score (nSPS) is 14.3. The number of amides is 1. The molecule has 1 amide bonds. The van der Waals surface area contributed by atoms with Crippen molar-refractivity contribution in [3.63, 3.8) is 0 Å². The van der Waals surface area contributed by atoms with Crippen molar-refractivity contribution in [1.29, 1.82) is 0 Å². The van der Waals surface area contributed by atoms with Crippen molar-refractivity contribution >= 4 is 5.91 Å². The molecule has 2 N–H and O–H groups in total. The largest absolute Gasteiger partial charge is 0.383 e. The van der Waals surface area contributed by atoms with Gasteiger partial charge in [0.2, 0.25) is 5.91 Å². The molecule has 0 heterocycles. The van der Waals surface area contributed by atoms with Gasteiger partial charge in [-0.25, -0.2) is 0 Å². The van der Waals surface area contributed by atoms with Gasteiger partial charge < -0.3 is 20.1 Å². The van der Waals surface area contributed by atoms with Crippen LogP contribution in [0, 0.1) is 11.8 Å². The number of carbonyl (C=O) groups is 1. The van der Waals surface area contributed by atoms with Gasteiger partial charge in [0.1, 0.15) is 0 Å². The van der Waals surface area contributed by atoms with Gasteiger partial charge in [-0.3, -0.25) is 4.79 Å². The zero-order valence-corrected chi connectivity index (χ0v) is 13.7. The second-order valence-corrected chi connectivity index (χ2v) is 5.82. The zero-order chi connectivity index (χ0) is 15.5. The molecule has 0 aromatic heterocycles. The van der Waals surface area contributed by atoms with Gasteiger partial charge in [0.25, 0.3) is 0 Å². The minimum atomic E-state index is 0.0557. The van der Waals surface area contributed by atoms with Gasteiger partial charge in [-0.2, -0.15) is 0 Å². The number of hydrogen-bond acceptors (Lipinski definition) is 4. The smallest absolute Gasteiger partial charge is 0.223 e. The lowest BCUT2D eigenvalue weighted by atomic mass is 9.93. The average Bonchev–Trinajstić information content (AvgIpc) is 2.38. The van der Waals surface area contributed by atoms with Crippen molar-refractivity contribution in [3.05, 3.63) is 0 Å². The molecule has 0 saturated carbocycles. The van der Waals surface area contributed by atoms with Crippen LogP contribution in [0.1, 0.15) is 33.6 Å². The number of nitrogens with zero attached hydrogens (tertiary/aromatic N) is 1. The molecule has 0 spiro atoms. The highest BCUT2D eigenvalue weighted by Crippen LogP contribution is 2.16. The summed E-state index contributed by atoms with van der Waals surface area (Å²) in [5.41, 5.74) is 5.78. The topological polar surface area (TPSA) is 64.8 Å². The molecule has 0 fully saturated rings. The Labute approximate surface area is 123 Å². The lowest BCUT2D eigenvalue weighted by Crippen LogP contribution is -2.44. The molecule has 5 heteroatoms. The molecule has 0 bridgehead atoms. The number of hydrogen-bond donors (Lipinski definition) is 1. The number of methoxy groups -OCH3 is 2. The lowest BCUT2D eigenvalue weighted by molar-refractivity contribution is -0.136. The molecule has 2 unspecified atom stereocenters. The summed E-state index contributed by atoms with van der Waals surface area (Å²) in [6.07, 6.45) is 1.49. The third-order valence-electron chi connectivity index (χ3n) is 3.40. The Balaban J connectivity index is 4.58. The maximum Gasteiger partial charge on any atom is 0.223 e. The Morgan fingerprint density at radius 2 is 1.85 bits per heavy atom. The Bertz CT molecular complexity index is 260. The summed E-state index contributed by atoms with van der Waals surface area (Å²) in [6.45, 7) is 8.54. The first-order valence-electron chi connectivity index (χ1n) is 7.43. The highest BCUT2D eigenvalue weighted by molar-refractivity contribution is 5.76. The van der Waals surface area contributed by atoms with Crippen LogP contribution in [0.3, 0.4) is 0 Å². The van der Waals surface area contributed by atoms with Crippen molar-refractivity contribution in [2.45, 2.75) is 39.7 Å². The summed E-state index contributed by atoms with van der Waals surface area (Å²) in [6, 6.07) is 0.0557. The fourth-order valence-electron chi connectivity index (χ4n) is 2.41. The van der Waals surface area contributed by atoms with E-state index in [1.165, 1.54) is 0 Å². The zero-order valence-electron chi connectivity index (χ0n) is 13.7. The average molecular weight is 288 g/mol. The van der Waals surface area contributed by atoms with Crippen LogP contribution >= 0.6 is 0 Å². The van der Waals surface area contributed by atoms with Crippen molar-refractivity contribution < 1.29 is 14.3 Å². The summed E-state index contributed by atoms with van der Waals surface area (Å²) in [5.74, 6) is 0.949. The van der Waals surface area contributed by atoms with E-state index in [2.05, 4.69) is 13.8 Å². The van der Waals surface area contributed by atoms with Crippen molar-refractivity contribution in [1.82, 2.24) is 4.90 Å². The van der Waals surface area contributed by atoms with E-state index < -0.39 is 0 Å². The number of carbonyl (C=O) groups excluding carboxylic acids is 1. The second-order valence-electron chi connectivity index (χ2n) is 5.82. The molecule has 0 aliphatic rings. The number of rotatable bonds is 11. The monoisotopic (exact) mass is 288 g/mol. The van der Waals surface area contributed by atoms with E-state index in [0.29, 0.717) is 38.6 Å². The molecule has 0 radical (unpaired) electrons. The maximum atomic E-state index is 12.5. The predicted molar refractivity (Wildman–Crippen MR) is 81.5 cm³/mol. The Kier molecular flexibility index (Phi) is 10.7. The van der Waals surface area contributed by atoms with Gasteiger partial charge in [0.05, 0.1) is 19.3 Å². The van der Waals surface area contributed by atoms with Gasteiger partial charge in [-0.05, 0) is 31.7 Å². The van der Waals surface area contributed by atoms with E-state index in [1.54, 1.807) is 14.2 Å². The molecular weight excluding hydrogens is 256 g/mol. The molecule has 0 rings (SSSR count). The van der Waals surface area contributed by atoms with Crippen molar-refractivity contribution in [2.24, 2.45) is 17.6 Å². The third-order valence-corrected chi connectivity index (χ3v) is 3.40. The molecule has 0 aliphatic heterocycles. The van der Waals surface area contributed by atoms with Crippen molar-refractivity contribution in [3.8, 4) is 0 Å². The first-order chi connectivity index (χ1) is 9.46. The first-order valence-corrected chi connectivity index (χ1v) is 7.43. The Morgan fingerprint density at radius 3 is 2.30 bits per heavy atom. The van der Waals surface area contributed by atoms with Crippen LogP contribution in [0.4, 0.5) is 0 Å². The third kappa shape index (κ3) is 7.82. The first kappa shape index (κ1) is 19.4. The minimum absolute atomic E-state index is 0.0557. The molecule has 0 aliphatic carbocycles. The molecular formula is C15H32N2O3. The van der Waals surface area contributed by atoms with E-state index in [0.717, 1.165) is 6.42 Å². The Morgan fingerprint density at radius 1 is 1.20 bits per heavy atom. The highest BCUT2D eigenvalue weighted by atomic mass is 16.5. The van der Waals surface area contributed by atoms with Crippen LogP contribution in [0.15, 0.2) is 0 Å². The lowest BCUT2D eigenvalue weighted by Gasteiger charge is -2.30. The van der Waals surface area contributed by atoms with Crippen LogP contribution in [-0.2, 0) is 14.3 Å². The van der Waals surface area contributed by atoms with E-state index in [1.807, 2.05) is 11.8 Å². The number of ether oxygens (including phenoxy) is 2. The van der Waals surface area contributed by atoms with Gasteiger partial charge in [0.15, 0.2) is 0 Å². The summed E-state index contributed by atoms with van der Waals surface area (Å²) in [7, 11) is 3.29. The highest BCUT2D eigenvalue weighted by Gasteiger charge is 2.23. The van der Waals surface area contributed by atoms with Gasteiger partial charge in [-0.15, -0.1) is 0 Å². The second kappa shape index (κ2) is 11.1. The molecule has 0 saturated heterocycles. The van der Waals surface area contributed by atoms with Gasteiger partial charge >= 0.3 is 0 Å². The van der Waals surface area contributed by atoms with Gasteiger partial charge in [-0.1, -0.05) is 13.8 Å². The predicted octanol–water partition coefficient (Wildman–Crippen LogP) is 1.51. The minimum Gasteiger partial charge on any atom is -0.383 e. The molecule has 2 atom stereocenters. The number of nitrogens with two attached hydrogens (primary N) is 1. The van der Waals surface area contributed by atoms with Crippen molar-refractivity contribution in [2.75, 3.05) is 40.5 Å². The van der Waals surface area contributed by atoms with Crippen LogP contribution < -0.4 is 5.73 Å². The van der Waals surface area contributed by atoms with E-state index in [-0.39, 0.29) is 17.9 Å². The van der Waals surface area contributed by atoms with Crippen LogP contribution in [0.25, 0.3) is 0 Å². The molecule has 20 heavy (non-hydrogen) atoms. The Hall–Kier alpha value is -0.650. The molecule has 5 nitrogen and oxygen atoms in total. The standard InChI is InChI=1S/C15H32N2O3/c1-12(2)8-14(10-16)9-15(18)17(6-7-19-4)13(3)11-20-5/h12-14H,6-11,16H2,1-5H3. The fourth-order valence-corrected chi connectivity index (χ4v) is 2.41.